The number of methoxy groups -OCH3 is 1. The summed E-state index contributed by atoms with van der Waals surface area (Å²) in [7, 11) is -1.92. The molecule has 4 rings (SSSR count). The molecule has 0 N–H and O–H groups in total. The SMILES string of the molecule is COc1ccc(CN2CCN(S(=O)(=O)c3ccc(N4CCCC4=O)cc3C)CC2)cc1. The molecule has 166 valence electrons. The van der Waals surface area contributed by atoms with Crippen LogP contribution in [0.4, 0.5) is 5.69 Å². The summed E-state index contributed by atoms with van der Waals surface area (Å²) in [5.74, 6) is 0.929. The fraction of sp³-hybridized carbons (Fsp3) is 0.435. The van der Waals surface area contributed by atoms with Crippen LogP contribution in [0.5, 0.6) is 5.75 Å². The smallest absolute Gasteiger partial charge is 0.243 e. The molecule has 7 nitrogen and oxygen atoms in total. The average Bonchev–Trinajstić information content (AvgIpc) is 3.20. The van der Waals surface area contributed by atoms with Crippen LogP contribution in [0.15, 0.2) is 47.4 Å². The van der Waals surface area contributed by atoms with E-state index in [0.717, 1.165) is 24.4 Å². The minimum atomic E-state index is -3.57. The summed E-state index contributed by atoms with van der Waals surface area (Å²) in [5.41, 5.74) is 2.64. The molecule has 2 aromatic rings. The molecular weight excluding hydrogens is 414 g/mol. The zero-order chi connectivity index (χ0) is 22.0. The van der Waals surface area contributed by atoms with Gasteiger partial charge in [0.15, 0.2) is 0 Å². The number of nitrogens with zero attached hydrogens (tertiary/aromatic N) is 3. The van der Waals surface area contributed by atoms with Crippen molar-refractivity contribution >= 4 is 21.6 Å². The highest BCUT2D eigenvalue weighted by Crippen LogP contribution is 2.28. The lowest BCUT2D eigenvalue weighted by atomic mass is 10.2. The van der Waals surface area contributed by atoms with Crippen LogP contribution < -0.4 is 9.64 Å². The average molecular weight is 444 g/mol. The minimum Gasteiger partial charge on any atom is -0.497 e. The zero-order valence-corrected chi connectivity index (χ0v) is 18.9. The standard InChI is InChI=1S/C23H29N3O4S/c1-18-16-20(26-11-3-4-23(26)27)7-10-22(18)31(28,29)25-14-12-24(13-15-25)17-19-5-8-21(30-2)9-6-19/h5-10,16H,3-4,11-15,17H2,1-2H3. The first kappa shape index (κ1) is 21.8. The number of piperazine rings is 1. The number of aryl methyl sites for hydroxylation is 1. The van der Waals surface area contributed by atoms with E-state index >= 15 is 0 Å². The second kappa shape index (κ2) is 8.98. The van der Waals surface area contributed by atoms with Crippen LogP contribution in [0, 0.1) is 6.92 Å². The Bertz CT molecular complexity index is 1040. The van der Waals surface area contributed by atoms with E-state index in [1.165, 1.54) is 5.56 Å². The largest absolute Gasteiger partial charge is 0.497 e. The van der Waals surface area contributed by atoms with Crippen molar-refractivity contribution < 1.29 is 17.9 Å². The number of carbonyl (C=O) groups is 1. The molecule has 2 aliphatic rings. The maximum absolute atomic E-state index is 13.3. The van der Waals surface area contributed by atoms with Gasteiger partial charge in [-0.3, -0.25) is 9.69 Å². The quantitative estimate of drug-likeness (QED) is 0.687. The Balaban J connectivity index is 1.41. The van der Waals surface area contributed by atoms with Gasteiger partial charge in [0, 0.05) is 51.4 Å². The fourth-order valence-electron chi connectivity index (χ4n) is 4.27. The third kappa shape index (κ3) is 4.61. The van der Waals surface area contributed by atoms with Crippen LogP contribution >= 0.6 is 0 Å². The predicted octanol–water partition coefficient (Wildman–Crippen LogP) is 2.64. The molecule has 2 saturated heterocycles. The van der Waals surface area contributed by atoms with E-state index in [1.807, 2.05) is 30.3 Å². The van der Waals surface area contributed by atoms with Crippen molar-refractivity contribution in [3.05, 3.63) is 53.6 Å². The van der Waals surface area contributed by atoms with Crippen LogP contribution in [-0.4, -0.2) is 63.4 Å². The van der Waals surface area contributed by atoms with Crippen LogP contribution in [0.25, 0.3) is 0 Å². The van der Waals surface area contributed by atoms with Gasteiger partial charge in [-0.05, 0) is 54.8 Å². The van der Waals surface area contributed by atoms with Gasteiger partial charge in [0.1, 0.15) is 5.75 Å². The molecule has 0 spiro atoms. The molecule has 2 heterocycles. The van der Waals surface area contributed by atoms with Gasteiger partial charge in [0.2, 0.25) is 15.9 Å². The summed E-state index contributed by atoms with van der Waals surface area (Å²) in [4.78, 5) is 16.3. The van der Waals surface area contributed by atoms with Crippen LogP contribution in [0.1, 0.15) is 24.0 Å². The number of ether oxygens (including phenoxy) is 1. The molecule has 2 fully saturated rings. The Morgan fingerprint density at radius 2 is 1.68 bits per heavy atom. The summed E-state index contributed by atoms with van der Waals surface area (Å²) in [6, 6.07) is 13.2. The van der Waals surface area contributed by atoms with Gasteiger partial charge in [0.05, 0.1) is 12.0 Å². The predicted molar refractivity (Wildman–Crippen MR) is 120 cm³/mol. The molecule has 0 saturated carbocycles. The Kier molecular flexibility index (Phi) is 6.31. The highest BCUT2D eigenvalue weighted by Gasteiger charge is 2.30. The van der Waals surface area contributed by atoms with Crippen molar-refractivity contribution in [3.63, 3.8) is 0 Å². The molecule has 8 heteroatoms. The monoisotopic (exact) mass is 443 g/mol. The number of rotatable bonds is 6. The van der Waals surface area contributed by atoms with Crippen molar-refractivity contribution in [2.45, 2.75) is 31.2 Å². The first-order chi connectivity index (χ1) is 14.9. The van der Waals surface area contributed by atoms with E-state index in [2.05, 4.69) is 4.90 Å². The van der Waals surface area contributed by atoms with Gasteiger partial charge in [-0.25, -0.2) is 8.42 Å². The molecule has 0 unspecified atom stereocenters. The normalized spacial score (nSPS) is 18.5. The minimum absolute atomic E-state index is 0.1000. The molecule has 2 aliphatic heterocycles. The van der Waals surface area contributed by atoms with Gasteiger partial charge in [-0.2, -0.15) is 4.31 Å². The summed E-state index contributed by atoms with van der Waals surface area (Å²) in [6.45, 7) is 5.58. The van der Waals surface area contributed by atoms with Crippen molar-refractivity contribution in [3.8, 4) is 5.75 Å². The van der Waals surface area contributed by atoms with Crippen LogP contribution in [0.3, 0.4) is 0 Å². The fourth-order valence-corrected chi connectivity index (χ4v) is 5.90. The molecule has 31 heavy (non-hydrogen) atoms. The number of benzene rings is 2. The van der Waals surface area contributed by atoms with Gasteiger partial charge < -0.3 is 9.64 Å². The van der Waals surface area contributed by atoms with Gasteiger partial charge in [0.25, 0.3) is 0 Å². The number of amides is 1. The summed E-state index contributed by atoms with van der Waals surface area (Å²) >= 11 is 0. The van der Waals surface area contributed by atoms with Crippen molar-refractivity contribution in [1.29, 1.82) is 0 Å². The number of hydrogen-bond acceptors (Lipinski definition) is 5. The van der Waals surface area contributed by atoms with Crippen molar-refractivity contribution in [1.82, 2.24) is 9.21 Å². The Labute approximate surface area is 184 Å². The van der Waals surface area contributed by atoms with Crippen molar-refractivity contribution in [2.75, 3.05) is 44.7 Å². The van der Waals surface area contributed by atoms with Gasteiger partial charge in [-0.1, -0.05) is 12.1 Å². The van der Waals surface area contributed by atoms with Gasteiger partial charge in [-0.15, -0.1) is 0 Å². The second-order valence-corrected chi connectivity index (χ2v) is 10.0. The van der Waals surface area contributed by atoms with E-state index in [0.29, 0.717) is 49.6 Å². The third-order valence-electron chi connectivity index (χ3n) is 6.06. The summed E-state index contributed by atoms with van der Waals surface area (Å²) in [5, 5.41) is 0. The first-order valence-electron chi connectivity index (χ1n) is 10.6. The Morgan fingerprint density at radius 3 is 2.26 bits per heavy atom. The van der Waals surface area contributed by atoms with E-state index in [4.69, 9.17) is 4.74 Å². The number of anilines is 1. The third-order valence-corrected chi connectivity index (χ3v) is 8.12. The van der Waals surface area contributed by atoms with Crippen LogP contribution in [-0.2, 0) is 21.4 Å². The molecule has 0 aromatic heterocycles. The molecule has 2 aromatic carbocycles. The van der Waals surface area contributed by atoms with E-state index in [1.54, 1.807) is 35.4 Å². The topological polar surface area (TPSA) is 70.2 Å². The lowest BCUT2D eigenvalue weighted by Crippen LogP contribution is -2.48. The van der Waals surface area contributed by atoms with Crippen molar-refractivity contribution in [2.24, 2.45) is 0 Å². The van der Waals surface area contributed by atoms with E-state index < -0.39 is 10.0 Å². The highest BCUT2D eigenvalue weighted by atomic mass is 32.2. The number of sulfonamides is 1. The molecule has 0 bridgehead atoms. The molecular formula is C23H29N3O4S. The maximum Gasteiger partial charge on any atom is 0.243 e. The Hall–Kier alpha value is -2.42. The zero-order valence-electron chi connectivity index (χ0n) is 18.1. The van der Waals surface area contributed by atoms with E-state index in [9.17, 15) is 13.2 Å². The molecule has 0 atom stereocenters. The van der Waals surface area contributed by atoms with E-state index in [-0.39, 0.29) is 5.91 Å². The molecule has 0 aliphatic carbocycles. The van der Waals surface area contributed by atoms with Gasteiger partial charge >= 0.3 is 0 Å². The number of hydrogen-bond donors (Lipinski definition) is 0. The summed E-state index contributed by atoms with van der Waals surface area (Å²) < 4.78 is 33.3. The highest BCUT2D eigenvalue weighted by molar-refractivity contribution is 7.89. The van der Waals surface area contributed by atoms with Crippen LogP contribution in [0.2, 0.25) is 0 Å². The number of carbonyl (C=O) groups excluding carboxylic acids is 1. The lowest BCUT2D eigenvalue weighted by Gasteiger charge is -2.34. The maximum atomic E-state index is 13.3. The second-order valence-electron chi connectivity index (χ2n) is 8.13. The lowest BCUT2D eigenvalue weighted by molar-refractivity contribution is -0.117. The summed E-state index contributed by atoms with van der Waals surface area (Å²) in [6.07, 6.45) is 1.40. The molecule has 0 radical (unpaired) electrons. The first-order valence-corrected chi connectivity index (χ1v) is 12.1. The Morgan fingerprint density at radius 1 is 0.968 bits per heavy atom. The molecule has 1 amide bonds.